The van der Waals surface area contributed by atoms with Crippen molar-refractivity contribution >= 4 is 33.7 Å². The Balaban J connectivity index is 2.68. The van der Waals surface area contributed by atoms with E-state index in [1.807, 2.05) is 6.08 Å². The van der Waals surface area contributed by atoms with E-state index in [-0.39, 0.29) is 10.8 Å². The lowest BCUT2D eigenvalue weighted by Gasteiger charge is -2.25. The molecule has 0 unspecified atom stereocenters. The quantitative estimate of drug-likeness (QED) is 0.443. The summed E-state index contributed by atoms with van der Waals surface area (Å²) in [5.41, 5.74) is 5.61. The van der Waals surface area contributed by atoms with Gasteiger partial charge >= 0.3 is 0 Å². The molecule has 0 fully saturated rings. The van der Waals surface area contributed by atoms with Crippen LogP contribution in [0.5, 0.6) is 0 Å². The van der Waals surface area contributed by atoms with E-state index in [0.29, 0.717) is 0 Å². The summed E-state index contributed by atoms with van der Waals surface area (Å²) in [4.78, 5) is 0. The third-order valence-corrected chi connectivity index (χ3v) is 5.66. The normalized spacial score (nSPS) is 13.8. The predicted molar refractivity (Wildman–Crippen MR) is 119 cm³/mol. The van der Waals surface area contributed by atoms with Gasteiger partial charge in [0.25, 0.3) is 0 Å². The largest absolute Gasteiger partial charge is 0.0984 e. The second kappa shape index (κ2) is 5.98. The molecule has 0 nitrogen and oxygen atoms in total. The molecule has 3 aromatic rings. The number of hydrogen-bond acceptors (Lipinski definition) is 0. The third kappa shape index (κ3) is 2.86. The summed E-state index contributed by atoms with van der Waals surface area (Å²) in [7, 11) is 0. The van der Waals surface area contributed by atoms with Crippen LogP contribution in [0.25, 0.3) is 33.7 Å². The van der Waals surface area contributed by atoms with E-state index in [2.05, 4.69) is 92.3 Å². The standard InChI is InChI=1S/C26H32/c1-10-20-16(3)21(11-2)23-15-19(26(7,8)9)13-17-12-18(25(4,5)6)14-22(20)24(17)23/h10-15H,1H2,2-9H3/b21-11+. The van der Waals surface area contributed by atoms with Crippen LogP contribution in [0.2, 0.25) is 0 Å². The summed E-state index contributed by atoms with van der Waals surface area (Å²) in [6.45, 7) is 22.3. The maximum absolute atomic E-state index is 4.13. The van der Waals surface area contributed by atoms with Gasteiger partial charge in [-0.15, -0.1) is 0 Å². The van der Waals surface area contributed by atoms with Gasteiger partial charge in [0.05, 0.1) is 0 Å². The minimum absolute atomic E-state index is 0.115. The van der Waals surface area contributed by atoms with Gasteiger partial charge in [-0.25, -0.2) is 0 Å². The SMILES string of the molecule is C=Cc1c(C)/c(=C\C)c2cc(C(C)(C)C)cc3cc(C(C)(C)C)cc1c32. The first-order valence-electron chi connectivity index (χ1n) is 9.62. The van der Waals surface area contributed by atoms with Crippen LogP contribution in [0.1, 0.15) is 70.7 Å². The molecule has 0 saturated carbocycles. The summed E-state index contributed by atoms with van der Waals surface area (Å²) >= 11 is 0. The lowest BCUT2D eigenvalue weighted by molar-refractivity contribution is 0.590. The molecule has 0 amide bonds. The van der Waals surface area contributed by atoms with Crippen molar-refractivity contribution in [1.82, 2.24) is 0 Å². The van der Waals surface area contributed by atoms with Crippen molar-refractivity contribution in [1.29, 1.82) is 0 Å². The molecule has 0 heteroatoms. The first-order chi connectivity index (χ1) is 12.0. The fraction of sp³-hybridized carbons (Fsp3) is 0.385. The fourth-order valence-electron chi connectivity index (χ4n) is 3.99. The Hall–Kier alpha value is -2.08. The highest BCUT2D eigenvalue weighted by atomic mass is 14.3. The van der Waals surface area contributed by atoms with Crippen molar-refractivity contribution < 1.29 is 0 Å². The third-order valence-electron chi connectivity index (χ3n) is 5.66. The van der Waals surface area contributed by atoms with Gasteiger partial charge in [-0.1, -0.05) is 72.4 Å². The van der Waals surface area contributed by atoms with Crippen molar-refractivity contribution in [3.63, 3.8) is 0 Å². The van der Waals surface area contributed by atoms with Gasteiger partial charge in [-0.3, -0.25) is 0 Å². The van der Waals surface area contributed by atoms with E-state index < -0.39 is 0 Å². The zero-order chi connectivity index (χ0) is 19.4. The monoisotopic (exact) mass is 344 g/mol. The van der Waals surface area contributed by atoms with Crippen molar-refractivity contribution in [3.05, 3.63) is 58.3 Å². The van der Waals surface area contributed by atoms with Crippen LogP contribution < -0.4 is 5.22 Å². The highest BCUT2D eigenvalue weighted by Crippen LogP contribution is 2.37. The van der Waals surface area contributed by atoms with Crippen molar-refractivity contribution in [3.8, 4) is 0 Å². The van der Waals surface area contributed by atoms with Gasteiger partial charge in [-0.05, 0) is 85.8 Å². The molecule has 0 atom stereocenters. The Labute approximate surface area is 158 Å². The number of benzene rings is 3. The number of rotatable bonds is 1. The molecular formula is C26H32. The smallest absolute Gasteiger partial charge is 0.00263 e. The van der Waals surface area contributed by atoms with E-state index in [4.69, 9.17) is 0 Å². The molecule has 0 aliphatic carbocycles. The molecule has 0 aromatic heterocycles. The lowest BCUT2D eigenvalue weighted by Crippen LogP contribution is -2.16. The Morgan fingerprint density at radius 2 is 1.31 bits per heavy atom. The molecule has 0 heterocycles. The molecule has 136 valence electrons. The van der Waals surface area contributed by atoms with Gasteiger partial charge < -0.3 is 0 Å². The maximum Gasteiger partial charge on any atom is -0.00263 e. The van der Waals surface area contributed by atoms with E-state index >= 15 is 0 Å². The van der Waals surface area contributed by atoms with Gasteiger partial charge in [0.15, 0.2) is 0 Å². The van der Waals surface area contributed by atoms with Crippen LogP contribution in [0.3, 0.4) is 0 Å². The zero-order valence-electron chi connectivity index (χ0n) is 17.7. The molecular weight excluding hydrogens is 312 g/mol. The first kappa shape index (κ1) is 18.7. The van der Waals surface area contributed by atoms with Crippen molar-refractivity contribution in [2.24, 2.45) is 0 Å². The highest BCUT2D eigenvalue weighted by Gasteiger charge is 2.21. The Kier molecular flexibility index (Phi) is 4.30. The summed E-state index contributed by atoms with van der Waals surface area (Å²) in [5.74, 6) is 0. The van der Waals surface area contributed by atoms with E-state index in [1.165, 1.54) is 49.0 Å². The first-order valence-corrected chi connectivity index (χ1v) is 9.62. The summed E-state index contributed by atoms with van der Waals surface area (Å²) in [6.07, 6.45) is 4.28. The Bertz CT molecular complexity index is 1060. The summed E-state index contributed by atoms with van der Waals surface area (Å²) < 4.78 is 0. The minimum Gasteiger partial charge on any atom is -0.0984 e. The molecule has 0 aliphatic rings. The van der Waals surface area contributed by atoms with Crippen LogP contribution in [-0.4, -0.2) is 0 Å². The van der Waals surface area contributed by atoms with Crippen molar-refractivity contribution in [2.75, 3.05) is 0 Å². The van der Waals surface area contributed by atoms with E-state index in [1.54, 1.807) is 0 Å². The minimum atomic E-state index is 0.115. The molecule has 0 spiro atoms. The van der Waals surface area contributed by atoms with Gasteiger partial charge in [-0.2, -0.15) is 0 Å². The zero-order valence-corrected chi connectivity index (χ0v) is 17.7. The Morgan fingerprint density at radius 1 is 0.808 bits per heavy atom. The molecule has 3 rings (SSSR count). The topological polar surface area (TPSA) is 0 Å². The molecule has 0 saturated heterocycles. The van der Waals surface area contributed by atoms with Gasteiger partial charge in [0.2, 0.25) is 0 Å². The van der Waals surface area contributed by atoms with E-state index in [9.17, 15) is 0 Å². The average molecular weight is 345 g/mol. The lowest BCUT2D eigenvalue weighted by atomic mass is 9.79. The second-order valence-electron chi connectivity index (χ2n) is 9.59. The molecule has 0 radical (unpaired) electrons. The van der Waals surface area contributed by atoms with Crippen LogP contribution in [0.15, 0.2) is 30.8 Å². The Morgan fingerprint density at radius 3 is 1.73 bits per heavy atom. The van der Waals surface area contributed by atoms with Crippen molar-refractivity contribution in [2.45, 2.75) is 66.2 Å². The van der Waals surface area contributed by atoms with E-state index in [0.717, 1.165) is 0 Å². The molecule has 26 heavy (non-hydrogen) atoms. The molecule has 0 bridgehead atoms. The van der Waals surface area contributed by atoms with Crippen LogP contribution in [-0.2, 0) is 10.8 Å². The maximum atomic E-state index is 4.13. The number of hydrogen-bond donors (Lipinski definition) is 0. The molecule has 0 aliphatic heterocycles. The van der Waals surface area contributed by atoms with Crippen LogP contribution >= 0.6 is 0 Å². The summed E-state index contributed by atoms with van der Waals surface area (Å²) in [6, 6.07) is 9.58. The van der Waals surface area contributed by atoms with Crippen LogP contribution in [0.4, 0.5) is 0 Å². The summed E-state index contributed by atoms with van der Waals surface area (Å²) in [5, 5.41) is 6.77. The predicted octanol–water partition coefficient (Wildman–Crippen LogP) is 7.06. The van der Waals surface area contributed by atoms with Gasteiger partial charge in [0, 0.05) is 0 Å². The van der Waals surface area contributed by atoms with Crippen LogP contribution in [0, 0.1) is 6.92 Å². The highest BCUT2D eigenvalue weighted by molar-refractivity contribution is 6.14. The average Bonchev–Trinajstić information content (AvgIpc) is 2.53. The van der Waals surface area contributed by atoms with Gasteiger partial charge in [0.1, 0.15) is 0 Å². The molecule has 0 N–H and O–H groups in total. The fourth-order valence-corrected chi connectivity index (χ4v) is 3.99. The second-order valence-corrected chi connectivity index (χ2v) is 9.59. The molecule has 3 aromatic carbocycles.